The molecule has 0 aliphatic carbocycles. The van der Waals surface area contributed by atoms with E-state index in [1.54, 1.807) is 25.1 Å². The van der Waals surface area contributed by atoms with Crippen LogP contribution in [0.15, 0.2) is 23.0 Å². The van der Waals surface area contributed by atoms with Gasteiger partial charge in [0.2, 0.25) is 0 Å². The Labute approximate surface area is 127 Å². The number of pyridine rings is 1. The summed E-state index contributed by atoms with van der Waals surface area (Å²) in [5.74, 6) is -1.35. The maximum absolute atomic E-state index is 12.4. The molecule has 1 amide bonds. The van der Waals surface area contributed by atoms with Gasteiger partial charge in [-0.25, -0.2) is 0 Å². The van der Waals surface area contributed by atoms with E-state index in [9.17, 15) is 19.5 Å². The minimum atomic E-state index is -0.758. The first kappa shape index (κ1) is 15.8. The van der Waals surface area contributed by atoms with E-state index in [2.05, 4.69) is 5.32 Å². The van der Waals surface area contributed by atoms with Crippen molar-refractivity contribution < 1.29 is 14.7 Å². The van der Waals surface area contributed by atoms with Gasteiger partial charge in [-0.05, 0) is 32.4 Å². The Morgan fingerprint density at radius 2 is 1.95 bits per heavy atom. The van der Waals surface area contributed by atoms with Crippen LogP contribution in [-0.2, 0) is 11.8 Å². The number of nitrogens with one attached hydrogen (secondary N) is 1. The van der Waals surface area contributed by atoms with E-state index >= 15 is 0 Å². The fraction of sp³-hybridized carbons (Fsp3) is 0.312. The zero-order valence-electron chi connectivity index (χ0n) is 12.9. The molecule has 0 unspecified atom stereocenters. The fourth-order valence-electron chi connectivity index (χ4n) is 2.32. The zero-order chi connectivity index (χ0) is 16.6. The number of nitrogens with zero attached hydrogens (tertiary/aromatic N) is 1. The normalized spacial score (nSPS) is 12.2. The Hall–Kier alpha value is -2.63. The molecule has 1 aromatic carbocycles. The second kappa shape index (κ2) is 5.63. The summed E-state index contributed by atoms with van der Waals surface area (Å²) in [7, 11) is 1.54. The van der Waals surface area contributed by atoms with Gasteiger partial charge in [0.15, 0.2) is 5.78 Å². The summed E-state index contributed by atoms with van der Waals surface area (Å²) in [5.41, 5.74) is 0.333. The van der Waals surface area contributed by atoms with Crippen LogP contribution in [0.4, 0.5) is 0 Å². The molecular formula is C16H18N2O4. The molecule has 0 saturated carbocycles. The summed E-state index contributed by atoms with van der Waals surface area (Å²) < 4.78 is 1.31. The smallest absolute Gasteiger partial charge is 0.267 e. The van der Waals surface area contributed by atoms with Gasteiger partial charge in [0.05, 0.1) is 11.6 Å². The van der Waals surface area contributed by atoms with E-state index in [-0.39, 0.29) is 17.1 Å². The van der Waals surface area contributed by atoms with Crippen molar-refractivity contribution in [3.05, 3.63) is 39.7 Å². The van der Waals surface area contributed by atoms with Crippen molar-refractivity contribution in [1.82, 2.24) is 9.88 Å². The lowest BCUT2D eigenvalue weighted by atomic mass is 10.0. The summed E-state index contributed by atoms with van der Waals surface area (Å²) >= 11 is 0. The molecule has 0 aliphatic rings. The number of ketones is 1. The highest BCUT2D eigenvalue weighted by Gasteiger charge is 2.23. The number of rotatable bonds is 3. The van der Waals surface area contributed by atoms with Crippen LogP contribution in [0.25, 0.3) is 10.9 Å². The standard InChI is InChI=1S/C16H18N2O4/c1-8-6-5-7-11-12(8)14(20)13(16(22)18(11)4)15(21)17-9(2)10(3)19/h5-7,9,20H,1-4H3,(H,17,21)/t9-/m0/s1. The van der Waals surface area contributed by atoms with Crippen LogP contribution in [0.3, 0.4) is 0 Å². The highest BCUT2D eigenvalue weighted by Crippen LogP contribution is 2.28. The van der Waals surface area contributed by atoms with Gasteiger partial charge in [-0.15, -0.1) is 0 Å². The molecule has 1 atom stereocenters. The molecule has 0 saturated heterocycles. The third-order valence-corrected chi connectivity index (χ3v) is 3.79. The van der Waals surface area contributed by atoms with E-state index in [0.29, 0.717) is 10.9 Å². The predicted octanol–water partition coefficient (Wildman–Crippen LogP) is 1.26. The number of hydrogen-bond donors (Lipinski definition) is 2. The lowest BCUT2D eigenvalue weighted by Gasteiger charge is -2.15. The number of Topliss-reactive ketones (excluding diaryl/α,β-unsaturated/α-hetero) is 1. The molecule has 6 nitrogen and oxygen atoms in total. The predicted molar refractivity (Wildman–Crippen MR) is 83.2 cm³/mol. The molecule has 22 heavy (non-hydrogen) atoms. The van der Waals surface area contributed by atoms with Gasteiger partial charge in [0, 0.05) is 12.4 Å². The molecule has 2 rings (SSSR count). The van der Waals surface area contributed by atoms with Crippen molar-refractivity contribution >= 4 is 22.6 Å². The summed E-state index contributed by atoms with van der Waals surface area (Å²) in [6.07, 6.45) is 0. The molecule has 0 spiro atoms. The first-order chi connectivity index (χ1) is 10.3. The Kier molecular flexibility index (Phi) is 4.03. The van der Waals surface area contributed by atoms with Crippen LogP contribution in [-0.4, -0.2) is 27.4 Å². The number of benzene rings is 1. The number of fused-ring (bicyclic) bond motifs is 1. The third-order valence-electron chi connectivity index (χ3n) is 3.79. The maximum Gasteiger partial charge on any atom is 0.267 e. The van der Waals surface area contributed by atoms with Crippen LogP contribution in [0.5, 0.6) is 5.75 Å². The lowest BCUT2D eigenvalue weighted by Crippen LogP contribution is -2.40. The average Bonchev–Trinajstić information content (AvgIpc) is 2.44. The third kappa shape index (κ3) is 2.47. The molecule has 116 valence electrons. The minimum absolute atomic E-state index is 0.235. The van der Waals surface area contributed by atoms with Crippen molar-refractivity contribution in [1.29, 1.82) is 0 Å². The van der Waals surface area contributed by atoms with E-state index in [4.69, 9.17) is 0 Å². The van der Waals surface area contributed by atoms with Gasteiger partial charge >= 0.3 is 0 Å². The lowest BCUT2D eigenvalue weighted by molar-refractivity contribution is -0.118. The van der Waals surface area contributed by atoms with Crippen LogP contribution in [0.2, 0.25) is 0 Å². The van der Waals surface area contributed by atoms with Crippen LogP contribution in [0.1, 0.15) is 29.8 Å². The molecule has 1 heterocycles. The van der Waals surface area contributed by atoms with Crippen molar-refractivity contribution in [2.75, 3.05) is 0 Å². The van der Waals surface area contributed by atoms with Gasteiger partial charge < -0.3 is 15.0 Å². The first-order valence-electron chi connectivity index (χ1n) is 6.88. The molecular weight excluding hydrogens is 284 g/mol. The van der Waals surface area contributed by atoms with E-state index in [0.717, 1.165) is 5.56 Å². The Morgan fingerprint density at radius 1 is 1.32 bits per heavy atom. The number of aromatic nitrogens is 1. The largest absolute Gasteiger partial charge is 0.506 e. The average molecular weight is 302 g/mol. The number of amides is 1. The number of aryl methyl sites for hydroxylation is 2. The summed E-state index contributed by atoms with van der Waals surface area (Å²) in [4.78, 5) is 35.9. The van der Waals surface area contributed by atoms with Gasteiger partial charge in [-0.3, -0.25) is 14.4 Å². The number of aromatic hydroxyl groups is 1. The Bertz CT molecular complexity index is 836. The van der Waals surface area contributed by atoms with Crippen molar-refractivity contribution in [3.8, 4) is 5.75 Å². The molecule has 0 radical (unpaired) electrons. The summed E-state index contributed by atoms with van der Waals surface area (Å²) in [6, 6.07) is 4.52. The minimum Gasteiger partial charge on any atom is -0.506 e. The molecule has 2 aromatic rings. The summed E-state index contributed by atoms with van der Waals surface area (Å²) in [6.45, 7) is 4.65. The molecule has 6 heteroatoms. The molecule has 0 fully saturated rings. The van der Waals surface area contributed by atoms with Crippen LogP contribution in [0, 0.1) is 6.92 Å². The van der Waals surface area contributed by atoms with Crippen molar-refractivity contribution in [3.63, 3.8) is 0 Å². The van der Waals surface area contributed by atoms with Gasteiger partial charge in [0.1, 0.15) is 11.3 Å². The zero-order valence-corrected chi connectivity index (χ0v) is 12.9. The van der Waals surface area contributed by atoms with Crippen LogP contribution >= 0.6 is 0 Å². The number of hydrogen-bond acceptors (Lipinski definition) is 4. The highest BCUT2D eigenvalue weighted by molar-refractivity contribution is 6.04. The van der Waals surface area contributed by atoms with Crippen molar-refractivity contribution in [2.45, 2.75) is 26.8 Å². The van der Waals surface area contributed by atoms with Crippen molar-refractivity contribution in [2.24, 2.45) is 7.05 Å². The van der Waals surface area contributed by atoms with E-state index in [1.807, 2.05) is 0 Å². The molecule has 1 aromatic heterocycles. The highest BCUT2D eigenvalue weighted by atomic mass is 16.3. The fourth-order valence-corrected chi connectivity index (χ4v) is 2.32. The molecule has 2 N–H and O–H groups in total. The topological polar surface area (TPSA) is 88.4 Å². The quantitative estimate of drug-likeness (QED) is 0.893. The Balaban J connectivity index is 2.70. The monoisotopic (exact) mass is 302 g/mol. The van der Waals surface area contributed by atoms with Gasteiger partial charge in [-0.1, -0.05) is 12.1 Å². The number of carbonyl (C=O) groups is 2. The number of carbonyl (C=O) groups excluding carboxylic acids is 2. The first-order valence-corrected chi connectivity index (χ1v) is 6.88. The van der Waals surface area contributed by atoms with E-state index in [1.165, 1.54) is 25.5 Å². The maximum atomic E-state index is 12.4. The summed E-state index contributed by atoms with van der Waals surface area (Å²) in [5, 5.41) is 13.3. The SMILES string of the molecule is CC(=O)[C@H](C)NC(=O)c1c(O)c2c(C)cccc2n(C)c1=O. The van der Waals surface area contributed by atoms with Gasteiger partial charge in [-0.2, -0.15) is 0 Å². The van der Waals surface area contributed by atoms with Crippen LogP contribution < -0.4 is 10.9 Å². The molecule has 0 bridgehead atoms. The molecule has 0 aliphatic heterocycles. The van der Waals surface area contributed by atoms with Gasteiger partial charge in [0.25, 0.3) is 11.5 Å². The second-order valence-corrected chi connectivity index (χ2v) is 5.36. The second-order valence-electron chi connectivity index (χ2n) is 5.36. The Morgan fingerprint density at radius 3 is 2.55 bits per heavy atom. The van der Waals surface area contributed by atoms with E-state index < -0.39 is 17.5 Å².